The number of hydrogen-bond donors (Lipinski definition) is 0. The van der Waals surface area contributed by atoms with Crippen LogP contribution in [-0.4, -0.2) is 12.4 Å². The SMILES string of the molecule is FC(F)(F)/C=C(\Cl)O/C(Cl)=C/C(F)(F)F. The molecule has 1 nitrogen and oxygen atoms in total. The number of halogens is 8. The summed E-state index contributed by atoms with van der Waals surface area (Å²) in [6.45, 7) is 0. The van der Waals surface area contributed by atoms with Crippen LogP contribution in [0.2, 0.25) is 0 Å². The van der Waals surface area contributed by atoms with Crippen LogP contribution in [0.3, 0.4) is 0 Å². The third-order valence-electron chi connectivity index (χ3n) is 0.749. The van der Waals surface area contributed by atoms with Crippen LogP contribution in [0.4, 0.5) is 26.3 Å². The zero-order valence-electron chi connectivity index (χ0n) is 6.59. The molecule has 0 aromatic carbocycles. The molecule has 0 N–H and O–H groups in total. The molecule has 0 aliphatic heterocycles. The number of rotatable bonds is 2. The quantitative estimate of drug-likeness (QED) is 0.539. The molecule has 9 heteroatoms. The van der Waals surface area contributed by atoms with Crippen molar-refractivity contribution < 1.29 is 31.1 Å². The summed E-state index contributed by atoms with van der Waals surface area (Å²) >= 11 is 9.63. The van der Waals surface area contributed by atoms with E-state index in [4.69, 9.17) is 23.2 Å². The number of allylic oxidation sites excluding steroid dienone is 2. The molecular formula is C6H2Cl2F6O. The number of hydrogen-bond acceptors (Lipinski definition) is 1. The van der Waals surface area contributed by atoms with Gasteiger partial charge in [-0.25, -0.2) is 0 Å². The second-order valence-electron chi connectivity index (χ2n) is 2.08. The zero-order valence-corrected chi connectivity index (χ0v) is 8.10. The van der Waals surface area contributed by atoms with Gasteiger partial charge in [-0.2, -0.15) is 26.3 Å². The van der Waals surface area contributed by atoms with Crippen LogP contribution in [0.15, 0.2) is 22.6 Å². The fourth-order valence-corrected chi connectivity index (χ4v) is 0.863. The van der Waals surface area contributed by atoms with Crippen LogP contribution in [0.25, 0.3) is 0 Å². The van der Waals surface area contributed by atoms with Crippen LogP contribution in [-0.2, 0) is 4.74 Å². The summed E-state index contributed by atoms with van der Waals surface area (Å²) in [6.07, 6.45) is -10.7. The van der Waals surface area contributed by atoms with E-state index in [2.05, 4.69) is 4.74 Å². The maximum atomic E-state index is 11.6. The first kappa shape index (κ1) is 14.4. The minimum absolute atomic E-state index is 0.541. The molecule has 0 aromatic heterocycles. The van der Waals surface area contributed by atoms with E-state index in [0.717, 1.165) is 0 Å². The van der Waals surface area contributed by atoms with Crippen LogP contribution >= 0.6 is 23.2 Å². The molecule has 0 saturated carbocycles. The maximum absolute atomic E-state index is 11.6. The van der Waals surface area contributed by atoms with Gasteiger partial charge in [-0.3, -0.25) is 0 Å². The Bertz CT molecular complexity index is 248. The van der Waals surface area contributed by atoms with E-state index in [1.807, 2.05) is 0 Å². The molecule has 0 saturated heterocycles. The number of alkyl halides is 6. The Labute approximate surface area is 89.9 Å². The molecule has 0 rings (SSSR count). The summed E-state index contributed by atoms with van der Waals surface area (Å²) in [5, 5.41) is -2.62. The van der Waals surface area contributed by atoms with Crippen molar-refractivity contribution in [1.82, 2.24) is 0 Å². The Hall–Kier alpha value is -0.560. The molecule has 0 aliphatic carbocycles. The van der Waals surface area contributed by atoms with Crippen LogP contribution in [0.1, 0.15) is 0 Å². The fraction of sp³-hybridized carbons (Fsp3) is 0.333. The summed E-state index contributed by atoms with van der Waals surface area (Å²) in [6, 6.07) is 0. The van der Waals surface area contributed by atoms with Crippen LogP contribution in [0.5, 0.6) is 0 Å². The minimum atomic E-state index is -4.80. The molecule has 0 aromatic rings. The topological polar surface area (TPSA) is 9.23 Å². The van der Waals surface area contributed by atoms with Gasteiger partial charge in [0.05, 0.1) is 12.2 Å². The average molecular weight is 275 g/mol. The molecular weight excluding hydrogens is 273 g/mol. The summed E-state index contributed by atoms with van der Waals surface area (Å²) < 4.78 is 73.2. The van der Waals surface area contributed by atoms with Crippen molar-refractivity contribution >= 4 is 23.2 Å². The van der Waals surface area contributed by atoms with Crippen LogP contribution < -0.4 is 0 Å². The maximum Gasteiger partial charge on any atom is 0.414 e. The van der Waals surface area contributed by atoms with E-state index >= 15 is 0 Å². The van der Waals surface area contributed by atoms with Gasteiger partial charge in [-0.05, 0) is 23.2 Å². The second-order valence-corrected chi connectivity index (χ2v) is 2.83. The standard InChI is InChI=1S/C6H2Cl2F6O/c7-3(1-5(9,10)11)15-4(8)2-6(12,13)14/h1-2H/b3-1+,4-2+. The molecule has 0 aliphatic rings. The monoisotopic (exact) mass is 274 g/mol. The summed E-state index contributed by atoms with van der Waals surface area (Å²) in [5.41, 5.74) is 0. The van der Waals surface area contributed by atoms with Gasteiger partial charge in [-0.1, -0.05) is 0 Å². The smallest absolute Gasteiger partial charge is 0.414 e. The largest absolute Gasteiger partial charge is 0.433 e. The Balaban J connectivity index is 4.50. The predicted octanol–water partition coefficient (Wildman–Crippen LogP) is 4.29. The van der Waals surface area contributed by atoms with Crippen molar-refractivity contribution in [3.05, 3.63) is 22.6 Å². The molecule has 0 bridgehead atoms. The third-order valence-corrected chi connectivity index (χ3v) is 1.12. The molecule has 15 heavy (non-hydrogen) atoms. The molecule has 0 amide bonds. The lowest BCUT2D eigenvalue weighted by Gasteiger charge is -2.05. The average Bonchev–Trinajstić information content (AvgIpc) is 1.73. The molecule has 0 unspecified atom stereocenters. The first-order valence-corrected chi connectivity index (χ1v) is 3.83. The van der Waals surface area contributed by atoms with Gasteiger partial charge in [0, 0.05) is 0 Å². The molecule has 0 atom stereocenters. The molecule has 0 spiro atoms. The van der Waals surface area contributed by atoms with Crippen molar-refractivity contribution in [3.63, 3.8) is 0 Å². The Morgan fingerprint density at radius 3 is 1.27 bits per heavy atom. The summed E-state index contributed by atoms with van der Waals surface area (Å²) in [4.78, 5) is 0. The highest BCUT2D eigenvalue weighted by Crippen LogP contribution is 2.26. The van der Waals surface area contributed by atoms with E-state index in [-0.39, 0.29) is 0 Å². The van der Waals surface area contributed by atoms with Gasteiger partial charge in [0.1, 0.15) is 0 Å². The van der Waals surface area contributed by atoms with Gasteiger partial charge >= 0.3 is 12.4 Å². The minimum Gasteiger partial charge on any atom is -0.433 e. The Morgan fingerprint density at radius 1 is 0.800 bits per heavy atom. The highest BCUT2D eigenvalue weighted by molar-refractivity contribution is 6.31. The highest BCUT2D eigenvalue weighted by Gasteiger charge is 2.27. The second kappa shape index (κ2) is 4.98. The van der Waals surface area contributed by atoms with Crippen molar-refractivity contribution in [1.29, 1.82) is 0 Å². The van der Waals surface area contributed by atoms with E-state index in [1.165, 1.54) is 0 Å². The first-order valence-electron chi connectivity index (χ1n) is 3.07. The van der Waals surface area contributed by atoms with Crippen molar-refractivity contribution in [3.8, 4) is 0 Å². The van der Waals surface area contributed by atoms with Gasteiger partial charge in [-0.15, -0.1) is 0 Å². The highest BCUT2D eigenvalue weighted by atomic mass is 35.5. The van der Waals surface area contributed by atoms with Crippen LogP contribution in [0, 0.1) is 0 Å². The molecule has 0 radical (unpaired) electrons. The zero-order chi connectivity index (χ0) is 12.3. The van der Waals surface area contributed by atoms with E-state index < -0.39 is 34.9 Å². The van der Waals surface area contributed by atoms with E-state index in [9.17, 15) is 26.3 Å². The van der Waals surface area contributed by atoms with Gasteiger partial charge in [0.25, 0.3) is 0 Å². The third kappa shape index (κ3) is 9.74. The summed E-state index contributed by atoms with van der Waals surface area (Å²) in [7, 11) is 0. The Morgan fingerprint density at radius 2 is 1.07 bits per heavy atom. The number of ether oxygens (including phenoxy) is 1. The van der Waals surface area contributed by atoms with Gasteiger partial charge < -0.3 is 4.74 Å². The van der Waals surface area contributed by atoms with Gasteiger partial charge in [0.2, 0.25) is 0 Å². The first-order chi connectivity index (χ1) is 6.49. The van der Waals surface area contributed by atoms with E-state index in [0.29, 0.717) is 0 Å². The van der Waals surface area contributed by atoms with Crippen molar-refractivity contribution in [2.24, 2.45) is 0 Å². The Kier molecular flexibility index (Phi) is 4.79. The lowest BCUT2D eigenvalue weighted by molar-refractivity contribution is -0.0825. The van der Waals surface area contributed by atoms with Gasteiger partial charge in [0.15, 0.2) is 10.4 Å². The fourth-order valence-electron chi connectivity index (χ4n) is 0.409. The molecule has 0 fully saturated rings. The van der Waals surface area contributed by atoms with E-state index in [1.54, 1.807) is 0 Å². The summed E-state index contributed by atoms with van der Waals surface area (Å²) in [5.74, 6) is 0. The predicted molar refractivity (Wildman–Crippen MR) is 41.1 cm³/mol. The van der Waals surface area contributed by atoms with Crippen molar-refractivity contribution in [2.75, 3.05) is 0 Å². The molecule has 88 valence electrons. The van der Waals surface area contributed by atoms with Crippen molar-refractivity contribution in [2.45, 2.75) is 12.4 Å². The lowest BCUT2D eigenvalue weighted by Crippen LogP contribution is -2.05. The molecule has 0 heterocycles. The normalized spacial score (nSPS) is 15.5. The lowest BCUT2D eigenvalue weighted by atomic mass is 10.6.